The molecule has 0 radical (unpaired) electrons. The van der Waals surface area contributed by atoms with E-state index in [0.717, 1.165) is 6.07 Å². The lowest BCUT2D eigenvalue weighted by Crippen LogP contribution is -2.41. The number of thiazole rings is 1. The minimum absolute atomic E-state index is 0.0992. The van der Waals surface area contributed by atoms with Crippen LogP contribution >= 0.6 is 22.9 Å². The number of esters is 1. The Labute approximate surface area is 199 Å². The minimum atomic E-state index is -2.34. The molecule has 13 heteroatoms. The van der Waals surface area contributed by atoms with Crippen molar-refractivity contribution < 1.29 is 27.1 Å². The molecule has 1 fully saturated rings. The third-order valence-electron chi connectivity index (χ3n) is 5.55. The van der Waals surface area contributed by atoms with E-state index in [9.17, 15) is 22.3 Å². The van der Waals surface area contributed by atoms with Crippen LogP contribution in [0.25, 0.3) is 0 Å². The molecular formula is C20H18ClF2N4O4S2-. The molecule has 8 nitrogen and oxygen atoms in total. The van der Waals surface area contributed by atoms with Gasteiger partial charge in [-0.2, -0.15) is 0 Å². The molecule has 2 aromatic rings. The van der Waals surface area contributed by atoms with Crippen molar-refractivity contribution in [3.05, 3.63) is 62.2 Å². The van der Waals surface area contributed by atoms with Gasteiger partial charge in [0.1, 0.15) is 6.04 Å². The van der Waals surface area contributed by atoms with Crippen molar-refractivity contribution in [3.8, 4) is 0 Å². The Balaban J connectivity index is 1.85. The van der Waals surface area contributed by atoms with E-state index in [1.807, 2.05) is 0 Å². The first-order chi connectivity index (χ1) is 15.8. The molecule has 2 atom stereocenters. The number of aliphatic imine (C=N–C) groups is 1. The highest BCUT2D eigenvalue weighted by molar-refractivity contribution is 7.76. The number of benzene rings is 1. The second-order valence-electron chi connectivity index (χ2n) is 7.35. The number of carbonyl (C=O) groups excluding carboxylic acids is 1. The number of aromatic nitrogens is 1. The second kappa shape index (κ2) is 9.94. The van der Waals surface area contributed by atoms with Crippen molar-refractivity contribution in [2.45, 2.75) is 18.9 Å². The fourth-order valence-electron chi connectivity index (χ4n) is 3.94. The zero-order chi connectivity index (χ0) is 23.7. The van der Waals surface area contributed by atoms with Crippen molar-refractivity contribution in [1.82, 2.24) is 14.6 Å². The van der Waals surface area contributed by atoms with Crippen LogP contribution in [-0.4, -0.2) is 50.1 Å². The van der Waals surface area contributed by atoms with Gasteiger partial charge in [0, 0.05) is 53.1 Å². The largest absolute Gasteiger partial charge is 0.760 e. The van der Waals surface area contributed by atoms with Crippen LogP contribution in [0.5, 0.6) is 0 Å². The summed E-state index contributed by atoms with van der Waals surface area (Å²) >= 11 is 5.10. The molecule has 0 spiro atoms. The van der Waals surface area contributed by atoms with Gasteiger partial charge in [-0.15, -0.1) is 11.3 Å². The number of piperidine rings is 1. The predicted molar refractivity (Wildman–Crippen MR) is 118 cm³/mol. The molecule has 176 valence electrons. The molecule has 0 amide bonds. The summed E-state index contributed by atoms with van der Waals surface area (Å²) < 4.78 is 57.0. The second-order valence-corrected chi connectivity index (χ2v) is 9.57. The monoisotopic (exact) mass is 515 g/mol. The van der Waals surface area contributed by atoms with E-state index < -0.39 is 39.9 Å². The maximum atomic E-state index is 14.3. The average Bonchev–Trinajstić information content (AvgIpc) is 3.36. The van der Waals surface area contributed by atoms with Gasteiger partial charge in [-0.05, 0) is 18.9 Å². The summed E-state index contributed by atoms with van der Waals surface area (Å²) in [4.78, 5) is 21.7. The number of carbonyl (C=O) groups is 1. The van der Waals surface area contributed by atoms with Gasteiger partial charge in [-0.1, -0.05) is 17.7 Å². The fraction of sp³-hybridized carbons (Fsp3) is 0.350. The normalized spacial score (nSPS) is 20.9. The van der Waals surface area contributed by atoms with Gasteiger partial charge in [0.05, 0.1) is 17.7 Å². The number of methoxy groups -OCH3 is 1. The summed E-state index contributed by atoms with van der Waals surface area (Å²) in [6, 6.07) is 1.12. The Bertz CT molecular complexity index is 1150. The quantitative estimate of drug-likeness (QED) is 0.372. The SMILES string of the molecule is COC(=O)C1=C(C2CCN(S(=O)[O-])CC2)NC(c2nccs2)=N[C@@H]1c1ccc(F)c(F)c1Cl. The van der Waals surface area contributed by atoms with E-state index in [4.69, 9.17) is 16.3 Å². The summed E-state index contributed by atoms with van der Waals surface area (Å²) in [7, 11) is 1.21. The number of nitrogens with zero attached hydrogens (tertiary/aromatic N) is 3. The fourth-order valence-corrected chi connectivity index (χ4v) is 5.29. The Morgan fingerprint density at radius 1 is 1.36 bits per heavy atom. The van der Waals surface area contributed by atoms with E-state index in [0.29, 0.717) is 29.4 Å². The van der Waals surface area contributed by atoms with Gasteiger partial charge >= 0.3 is 5.97 Å². The third kappa shape index (κ3) is 4.71. The molecule has 1 saturated heterocycles. The molecule has 4 rings (SSSR count). The number of hydrogen-bond donors (Lipinski definition) is 1. The number of amidine groups is 1. The molecule has 1 unspecified atom stereocenters. The van der Waals surface area contributed by atoms with Crippen LogP contribution in [0.1, 0.15) is 29.5 Å². The van der Waals surface area contributed by atoms with Crippen LogP contribution in [-0.2, 0) is 20.8 Å². The van der Waals surface area contributed by atoms with Gasteiger partial charge < -0.3 is 14.6 Å². The number of ether oxygens (including phenoxy) is 1. The number of hydrogen-bond acceptors (Lipinski definition) is 8. The Hall–Kier alpha value is -2.25. The van der Waals surface area contributed by atoms with Crippen molar-refractivity contribution in [3.63, 3.8) is 0 Å². The smallest absolute Gasteiger partial charge is 0.338 e. The third-order valence-corrected chi connectivity index (χ3v) is 7.50. The van der Waals surface area contributed by atoms with Gasteiger partial charge in [0.15, 0.2) is 22.5 Å². The van der Waals surface area contributed by atoms with E-state index in [1.54, 1.807) is 11.6 Å². The van der Waals surface area contributed by atoms with Crippen LogP contribution in [0.15, 0.2) is 40.0 Å². The highest BCUT2D eigenvalue weighted by atomic mass is 35.5. The van der Waals surface area contributed by atoms with E-state index in [-0.39, 0.29) is 30.1 Å². The lowest BCUT2D eigenvalue weighted by atomic mass is 9.86. The standard InChI is InChI=1S/C20H19ClF2N4O4S2/c1-31-20(28)13-16(10-4-7-27(8-5-10)33(29)30)25-18(19-24-6-9-32-19)26-17(13)11-2-3-12(22)15(23)14(11)21/h2-3,6,9-10,17H,4-5,7-8H2,1H3,(H,25,26)(H,29,30)/p-1/t17-/m1/s1. The van der Waals surface area contributed by atoms with E-state index in [2.05, 4.69) is 15.3 Å². The van der Waals surface area contributed by atoms with Gasteiger partial charge in [0.25, 0.3) is 0 Å². The first-order valence-corrected chi connectivity index (χ1v) is 12.2. The van der Waals surface area contributed by atoms with Crippen molar-refractivity contribution in [2.75, 3.05) is 20.2 Å². The predicted octanol–water partition coefficient (Wildman–Crippen LogP) is 3.10. The highest BCUT2D eigenvalue weighted by Crippen LogP contribution is 2.40. The number of rotatable bonds is 5. The minimum Gasteiger partial charge on any atom is -0.760 e. The molecule has 2 aliphatic heterocycles. The zero-order valence-electron chi connectivity index (χ0n) is 17.2. The molecule has 1 N–H and O–H groups in total. The maximum absolute atomic E-state index is 14.3. The topological polar surface area (TPSA) is 107 Å². The lowest BCUT2D eigenvalue weighted by molar-refractivity contribution is -0.136. The zero-order valence-corrected chi connectivity index (χ0v) is 19.6. The summed E-state index contributed by atoms with van der Waals surface area (Å²) in [6.07, 6.45) is 2.45. The van der Waals surface area contributed by atoms with Crippen LogP contribution in [0.4, 0.5) is 8.78 Å². The molecule has 2 aliphatic rings. The first-order valence-electron chi connectivity index (χ1n) is 9.86. The maximum Gasteiger partial charge on any atom is 0.338 e. The number of allylic oxidation sites excluding steroid dienone is 1. The summed E-state index contributed by atoms with van der Waals surface area (Å²) in [6.45, 7) is 0.529. The number of halogens is 3. The molecule has 0 aliphatic carbocycles. The van der Waals surface area contributed by atoms with Crippen molar-refractivity contribution in [1.29, 1.82) is 0 Å². The Morgan fingerprint density at radius 3 is 2.70 bits per heavy atom. The van der Waals surface area contributed by atoms with E-state index in [1.165, 1.54) is 28.8 Å². The van der Waals surface area contributed by atoms with Crippen molar-refractivity contribution in [2.24, 2.45) is 10.9 Å². The summed E-state index contributed by atoms with van der Waals surface area (Å²) in [5, 5.41) is 4.97. The van der Waals surface area contributed by atoms with Crippen LogP contribution in [0.2, 0.25) is 5.02 Å². The molecule has 3 heterocycles. The summed E-state index contributed by atoms with van der Waals surface area (Å²) in [5.74, 6) is -2.97. The molecule has 1 aromatic heterocycles. The van der Waals surface area contributed by atoms with Gasteiger partial charge in [-0.3, -0.25) is 9.20 Å². The molecule has 0 bridgehead atoms. The number of nitrogens with one attached hydrogen (secondary N) is 1. The highest BCUT2D eigenvalue weighted by Gasteiger charge is 2.38. The Morgan fingerprint density at radius 2 is 2.09 bits per heavy atom. The van der Waals surface area contributed by atoms with Crippen LogP contribution < -0.4 is 5.32 Å². The van der Waals surface area contributed by atoms with Crippen LogP contribution in [0.3, 0.4) is 0 Å². The van der Waals surface area contributed by atoms with Gasteiger partial charge in [-0.25, -0.2) is 22.9 Å². The van der Waals surface area contributed by atoms with Crippen molar-refractivity contribution >= 4 is 46.0 Å². The first kappa shape index (κ1) is 23.9. The van der Waals surface area contributed by atoms with Crippen LogP contribution in [0, 0.1) is 17.6 Å². The molecular weight excluding hydrogens is 498 g/mol. The van der Waals surface area contributed by atoms with E-state index >= 15 is 0 Å². The summed E-state index contributed by atoms with van der Waals surface area (Å²) in [5.41, 5.74) is 0.679. The lowest BCUT2D eigenvalue weighted by Gasteiger charge is -2.37. The molecule has 0 saturated carbocycles. The average molecular weight is 516 g/mol. The Kier molecular flexibility index (Phi) is 7.19. The molecule has 1 aromatic carbocycles. The van der Waals surface area contributed by atoms with Gasteiger partial charge in [0.2, 0.25) is 0 Å². The molecule has 33 heavy (non-hydrogen) atoms.